The van der Waals surface area contributed by atoms with Gasteiger partial charge in [-0.15, -0.1) is 6.42 Å². The van der Waals surface area contributed by atoms with Crippen LogP contribution in [0.15, 0.2) is 41.3 Å². The molecule has 0 spiro atoms. The molecule has 0 aliphatic carbocycles. The summed E-state index contributed by atoms with van der Waals surface area (Å²) in [5, 5.41) is 10.8. The molecule has 0 bridgehead atoms. The second kappa shape index (κ2) is 10.4. The van der Waals surface area contributed by atoms with Gasteiger partial charge >= 0.3 is 5.56 Å². The predicted octanol–water partition coefficient (Wildman–Crippen LogP) is 4.29. The molecule has 1 aromatic carbocycles. The van der Waals surface area contributed by atoms with Crippen LogP contribution in [-0.4, -0.2) is 62.2 Å². The third-order valence-electron chi connectivity index (χ3n) is 8.12. The normalized spacial score (nSPS) is 17.8. The molecule has 0 saturated carbocycles. The molecule has 2 unspecified atom stereocenters. The van der Waals surface area contributed by atoms with Crippen molar-refractivity contribution < 1.29 is 23.4 Å². The summed E-state index contributed by atoms with van der Waals surface area (Å²) in [6.45, 7) is 8.18. The molecule has 2 aliphatic heterocycles. The molecule has 2 aliphatic rings. The minimum Gasteiger partial charge on any atom is -0.507 e. The number of hydrogen-bond acceptors (Lipinski definition) is 7. The van der Waals surface area contributed by atoms with E-state index in [1.54, 1.807) is 17.2 Å². The van der Waals surface area contributed by atoms with Gasteiger partial charge in [-0.3, -0.25) is 19.1 Å². The second-order valence-corrected chi connectivity index (χ2v) is 11.2. The molecule has 220 valence electrons. The van der Waals surface area contributed by atoms with Crippen molar-refractivity contribution in [3.8, 4) is 40.8 Å². The van der Waals surface area contributed by atoms with Gasteiger partial charge in [0.2, 0.25) is 5.75 Å². The van der Waals surface area contributed by atoms with Gasteiger partial charge in [0.1, 0.15) is 23.9 Å². The van der Waals surface area contributed by atoms with E-state index in [-0.39, 0.29) is 47.9 Å². The molecule has 4 aromatic rings. The van der Waals surface area contributed by atoms with Gasteiger partial charge in [-0.2, -0.15) is 0 Å². The summed E-state index contributed by atoms with van der Waals surface area (Å²) < 4.78 is 38.4. The third-order valence-corrected chi connectivity index (χ3v) is 8.12. The Morgan fingerprint density at radius 3 is 2.65 bits per heavy atom. The Hall–Kier alpha value is -4.98. The summed E-state index contributed by atoms with van der Waals surface area (Å²) in [5.41, 5.74) is 0.735. The molecule has 1 N–H and O–H groups in total. The SMILES string of the molecule is C#CC(=O)N1CC2COc3c(c4cc(F)c(-c5c(O)cccc5F)nc4n(-c4c(C)ccnc4C(C)C)c3=O)N2CC1C. The molecule has 43 heavy (non-hydrogen) atoms. The maximum atomic E-state index is 16.0. The number of carbonyl (C=O) groups is 1. The molecule has 6 rings (SSSR count). The summed E-state index contributed by atoms with van der Waals surface area (Å²) in [4.78, 5) is 39.4. The number of hydrogen-bond donors (Lipinski definition) is 1. The first-order valence-corrected chi connectivity index (χ1v) is 13.9. The second-order valence-electron chi connectivity index (χ2n) is 11.2. The number of carbonyl (C=O) groups excluding carboxylic acids is 1. The number of aromatic nitrogens is 3. The van der Waals surface area contributed by atoms with E-state index in [1.807, 2.05) is 32.6 Å². The number of aromatic hydroxyl groups is 1. The van der Waals surface area contributed by atoms with E-state index in [4.69, 9.17) is 11.2 Å². The van der Waals surface area contributed by atoms with Crippen molar-refractivity contribution in [2.75, 3.05) is 24.6 Å². The number of aryl methyl sites for hydroxylation is 1. The fraction of sp³-hybridized carbons (Fsp3) is 0.312. The number of halogens is 2. The molecule has 11 heteroatoms. The Bertz CT molecular complexity index is 1900. The Kier molecular flexibility index (Phi) is 6.80. The smallest absolute Gasteiger partial charge is 0.301 e. The van der Waals surface area contributed by atoms with Crippen molar-refractivity contribution in [2.45, 2.75) is 45.7 Å². The zero-order valence-corrected chi connectivity index (χ0v) is 24.1. The van der Waals surface area contributed by atoms with Crippen LogP contribution >= 0.6 is 0 Å². The van der Waals surface area contributed by atoms with Crippen LogP contribution < -0.4 is 15.2 Å². The van der Waals surface area contributed by atoms with Crippen molar-refractivity contribution in [3.05, 3.63) is 69.8 Å². The number of benzene rings is 1. The maximum Gasteiger partial charge on any atom is 0.301 e. The van der Waals surface area contributed by atoms with Crippen molar-refractivity contribution in [3.63, 3.8) is 0 Å². The van der Waals surface area contributed by atoms with Crippen LogP contribution in [-0.2, 0) is 4.79 Å². The fourth-order valence-electron chi connectivity index (χ4n) is 6.08. The highest BCUT2D eigenvalue weighted by atomic mass is 19.1. The highest BCUT2D eigenvalue weighted by Crippen LogP contribution is 2.43. The average Bonchev–Trinajstić information content (AvgIpc) is 2.97. The molecule has 9 nitrogen and oxygen atoms in total. The van der Waals surface area contributed by atoms with Gasteiger partial charge in [0, 0.05) is 30.7 Å². The van der Waals surface area contributed by atoms with E-state index in [0.717, 1.165) is 6.07 Å². The Morgan fingerprint density at radius 2 is 1.95 bits per heavy atom. The van der Waals surface area contributed by atoms with E-state index < -0.39 is 40.1 Å². The molecule has 1 fully saturated rings. The van der Waals surface area contributed by atoms with Gasteiger partial charge in [0.15, 0.2) is 11.5 Å². The summed E-state index contributed by atoms with van der Waals surface area (Å²) >= 11 is 0. The van der Waals surface area contributed by atoms with E-state index in [2.05, 4.69) is 15.9 Å². The minimum atomic E-state index is -0.899. The van der Waals surface area contributed by atoms with Crippen LogP contribution in [0, 0.1) is 30.9 Å². The molecule has 5 heterocycles. The molecule has 1 saturated heterocycles. The number of pyridine rings is 3. The number of terminal acetylenes is 1. The van der Waals surface area contributed by atoms with Crippen molar-refractivity contribution >= 4 is 22.6 Å². The van der Waals surface area contributed by atoms with Crippen molar-refractivity contribution in [2.24, 2.45) is 0 Å². The largest absolute Gasteiger partial charge is 0.507 e. The van der Waals surface area contributed by atoms with Crippen LogP contribution in [0.3, 0.4) is 0 Å². The van der Waals surface area contributed by atoms with E-state index in [0.29, 0.717) is 29.2 Å². The topological polar surface area (TPSA) is 101 Å². The monoisotopic (exact) mass is 585 g/mol. The Morgan fingerprint density at radius 1 is 1.19 bits per heavy atom. The fourth-order valence-corrected chi connectivity index (χ4v) is 6.08. The van der Waals surface area contributed by atoms with Gasteiger partial charge < -0.3 is 19.6 Å². The standard InChI is InChI=1S/C32H29F2N5O4/c1-6-24(41)37-14-19-15-43-30-29(38(19)13-18(37)5)20-12-22(34)27(25-21(33)8-7-9-23(25)40)36-31(20)39(32(30)42)28-17(4)10-11-35-26(28)16(2)3/h1,7-12,16,18-19,40H,13-15H2,2-5H3. The first kappa shape index (κ1) is 28.2. The average molecular weight is 586 g/mol. The summed E-state index contributed by atoms with van der Waals surface area (Å²) in [6, 6.07) is 5.90. The number of anilines is 1. The van der Waals surface area contributed by atoms with Crippen LogP contribution in [0.4, 0.5) is 14.5 Å². The van der Waals surface area contributed by atoms with Crippen molar-refractivity contribution in [1.82, 2.24) is 19.4 Å². The molecule has 1 amide bonds. The molecular weight excluding hydrogens is 556 g/mol. The van der Waals surface area contributed by atoms with E-state index in [9.17, 15) is 14.7 Å². The molecule has 3 aromatic heterocycles. The number of fused-ring (bicyclic) bond motifs is 5. The molecule has 2 atom stereocenters. The lowest BCUT2D eigenvalue weighted by molar-refractivity contribution is -0.128. The number of phenolic OH excluding ortho intramolecular Hbond substituents is 1. The van der Waals surface area contributed by atoms with Gasteiger partial charge in [-0.1, -0.05) is 19.9 Å². The Balaban J connectivity index is 1.70. The molecular formula is C32H29F2N5O4. The van der Waals surface area contributed by atoms with E-state index in [1.165, 1.54) is 22.8 Å². The number of phenols is 1. The van der Waals surface area contributed by atoms with Crippen LogP contribution in [0.2, 0.25) is 0 Å². The number of nitrogens with zero attached hydrogens (tertiary/aromatic N) is 5. The lowest BCUT2D eigenvalue weighted by Crippen LogP contribution is -2.62. The van der Waals surface area contributed by atoms with Gasteiger partial charge in [-0.05, 0) is 55.5 Å². The summed E-state index contributed by atoms with van der Waals surface area (Å²) in [6.07, 6.45) is 7.04. The van der Waals surface area contributed by atoms with E-state index >= 15 is 8.78 Å². The van der Waals surface area contributed by atoms with Gasteiger partial charge in [0.25, 0.3) is 5.91 Å². The quantitative estimate of drug-likeness (QED) is 0.358. The minimum absolute atomic E-state index is 0.00771. The highest BCUT2D eigenvalue weighted by Gasteiger charge is 2.41. The van der Waals surface area contributed by atoms with Crippen LogP contribution in [0.5, 0.6) is 11.5 Å². The number of amides is 1. The first-order chi connectivity index (χ1) is 20.5. The zero-order chi connectivity index (χ0) is 30.7. The Labute approximate surface area is 246 Å². The number of ether oxygens (including phenoxy) is 1. The third kappa shape index (κ3) is 4.36. The highest BCUT2D eigenvalue weighted by molar-refractivity contribution is 5.97. The van der Waals surface area contributed by atoms with Crippen molar-refractivity contribution in [1.29, 1.82) is 0 Å². The van der Waals surface area contributed by atoms with Gasteiger partial charge in [0.05, 0.1) is 28.7 Å². The first-order valence-electron chi connectivity index (χ1n) is 13.9. The molecule has 0 radical (unpaired) electrons. The summed E-state index contributed by atoms with van der Waals surface area (Å²) in [5.74, 6) is -0.650. The lowest BCUT2D eigenvalue weighted by atomic mass is 10.0. The predicted molar refractivity (Wildman–Crippen MR) is 158 cm³/mol. The number of rotatable bonds is 3. The summed E-state index contributed by atoms with van der Waals surface area (Å²) in [7, 11) is 0. The maximum absolute atomic E-state index is 16.0. The lowest BCUT2D eigenvalue weighted by Gasteiger charge is -2.48. The zero-order valence-electron chi connectivity index (χ0n) is 24.1. The van der Waals surface area contributed by atoms with Crippen LogP contribution in [0.25, 0.3) is 28.0 Å². The van der Waals surface area contributed by atoms with Crippen LogP contribution in [0.1, 0.15) is 37.9 Å². The van der Waals surface area contributed by atoms with Gasteiger partial charge in [-0.25, -0.2) is 13.8 Å². The number of piperazine rings is 1.